The molecule has 0 saturated carbocycles. The Morgan fingerprint density at radius 1 is 1.19 bits per heavy atom. The quantitative estimate of drug-likeness (QED) is 0.886. The number of piperidine rings is 1. The van der Waals surface area contributed by atoms with Crippen LogP contribution in [0.15, 0.2) is 24.3 Å². The molecule has 0 atom stereocenters. The highest BCUT2D eigenvalue weighted by Crippen LogP contribution is 2.25. The van der Waals surface area contributed by atoms with Crippen molar-refractivity contribution >= 4 is 17.5 Å². The highest BCUT2D eigenvalue weighted by molar-refractivity contribution is 6.09. The summed E-state index contributed by atoms with van der Waals surface area (Å²) in [6.07, 6.45) is 2.13. The number of nitrogens with one attached hydrogen (secondary N) is 1. The van der Waals surface area contributed by atoms with Crippen molar-refractivity contribution < 1.29 is 9.59 Å². The molecule has 2 aliphatic heterocycles. The van der Waals surface area contributed by atoms with Gasteiger partial charge in [0.2, 0.25) is 5.91 Å². The fourth-order valence-corrected chi connectivity index (χ4v) is 3.12. The molecular formula is C16H21N3O2. The van der Waals surface area contributed by atoms with Crippen LogP contribution in [0.1, 0.15) is 23.2 Å². The van der Waals surface area contributed by atoms with Crippen LogP contribution in [0.4, 0.5) is 5.69 Å². The van der Waals surface area contributed by atoms with Crippen LogP contribution >= 0.6 is 0 Å². The summed E-state index contributed by atoms with van der Waals surface area (Å²) >= 11 is 0. The molecule has 0 aliphatic carbocycles. The molecule has 3 rings (SSSR count). The third kappa shape index (κ3) is 2.78. The van der Waals surface area contributed by atoms with Gasteiger partial charge in [-0.3, -0.25) is 9.59 Å². The molecule has 0 unspecified atom stereocenters. The molecule has 112 valence electrons. The molecule has 1 N–H and O–H groups in total. The van der Waals surface area contributed by atoms with Crippen LogP contribution in [-0.2, 0) is 4.79 Å². The van der Waals surface area contributed by atoms with Crippen molar-refractivity contribution in [3.63, 3.8) is 0 Å². The lowest BCUT2D eigenvalue weighted by Crippen LogP contribution is -2.42. The molecule has 0 aromatic heterocycles. The Morgan fingerprint density at radius 3 is 2.67 bits per heavy atom. The number of hydrogen-bond donors (Lipinski definition) is 1. The summed E-state index contributed by atoms with van der Waals surface area (Å²) in [4.78, 5) is 28.3. The summed E-state index contributed by atoms with van der Waals surface area (Å²) in [6, 6.07) is 7.35. The predicted molar refractivity (Wildman–Crippen MR) is 81.3 cm³/mol. The fourth-order valence-electron chi connectivity index (χ4n) is 3.12. The first-order chi connectivity index (χ1) is 10.2. The van der Waals surface area contributed by atoms with Crippen molar-refractivity contribution in [3.05, 3.63) is 29.8 Å². The zero-order valence-electron chi connectivity index (χ0n) is 12.3. The number of carbonyl (C=O) groups is 2. The van der Waals surface area contributed by atoms with Gasteiger partial charge in [0.15, 0.2) is 0 Å². The van der Waals surface area contributed by atoms with E-state index in [1.54, 1.807) is 16.8 Å². The van der Waals surface area contributed by atoms with Gasteiger partial charge >= 0.3 is 0 Å². The Balaban J connectivity index is 1.85. The SMILES string of the molecule is CN1C(=O)CN(CC2CCNCC2)C(=O)c2ccccc21. The van der Waals surface area contributed by atoms with E-state index in [-0.39, 0.29) is 18.4 Å². The lowest BCUT2D eigenvalue weighted by Gasteiger charge is -2.29. The van der Waals surface area contributed by atoms with Gasteiger partial charge in [0.25, 0.3) is 5.91 Å². The average Bonchev–Trinajstić information content (AvgIpc) is 2.61. The van der Waals surface area contributed by atoms with Gasteiger partial charge in [-0.2, -0.15) is 0 Å². The second-order valence-electron chi connectivity index (χ2n) is 5.85. The predicted octanol–water partition coefficient (Wildman–Crippen LogP) is 1.10. The number of hydrogen-bond acceptors (Lipinski definition) is 3. The first kappa shape index (κ1) is 14.1. The summed E-state index contributed by atoms with van der Waals surface area (Å²) in [5.74, 6) is 0.433. The summed E-state index contributed by atoms with van der Waals surface area (Å²) in [6.45, 7) is 2.84. The number of anilines is 1. The maximum absolute atomic E-state index is 12.7. The van der Waals surface area contributed by atoms with E-state index < -0.39 is 0 Å². The highest BCUT2D eigenvalue weighted by Gasteiger charge is 2.30. The van der Waals surface area contributed by atoms with E-state index in [4.69, 9.17) is 0 Å². The summed E-state index contributed by atoms with van der Waals surface area (Å²) in [7, 11) is 1.74. The Labute approximate surface area is 124 Å². The van der Waals surface area contributed by atoms with Crippen LogP contribution in [0, 0.1) is 5.92 Å². The number of rotatable bonds is 2. The summed E-state index contributed by atoms with van der Waals surface area (Å²) < 4.78 is 0. The molecule has 0 spiro atoms. The number of amides is 2. The van der Waals surface area contributed by atoms with E-state index in [0.29, 0.717) is 23.7 Å². The van der Waals surface area contributed by atoms with Crippen LogP contribution in [0.5, 0.6) is 0 Å². The van der Waals surface area contributed by atoms with Gasteiger partial charge < -0.3 is 15.1 Å². The zero-order chi connectivity index (χ0) is 14.8. The maximum Gasteiger partial charge on any atom is 0.256 e. The van der Waals surface area contributed by atoms with Crippen LogP contribution in [0.3, 0.4) is 0 Å². The Morgan fingerprint density at radius 2 is 1.90 bits per heavy atom. The molecule has 2 aliphatic rings. The van der Waals surface area contributed by atoms with Gasteiger partial charge in [-0.15, -0.1) is 0 Å². The fraction of sp³-hybridized carbons (Fsp3) is 0.500. The van der Waals surface area contributed by atoms with Crippen molar-refractivity contribution in [2.75, 3.05) is 38.1 Å². The second-order valence-corrected chi connectivity index (χ2v) is 5.85. The first-order valence-electron chi connectivity index (χ1n) is 7.52. The van der Waals surface area contributed by atoms with Crippen molar-refractivity contribution in [1.82, 2.24) is 10.2 Å². The van der Waals surface area contributed by atoms with Crippen LogP contribution in [0.2, 0.25) is 0 Å². The van der Waals surface area contributed by atoms with Crippen LogP contribution in [0.25, 0.3) is 0 Å². The molecule has 2 amide bonds. The van der Waals surface area contributed by atoms with Gasteiger partial charge in [0.1, 0.15) is 6.54 Å². The zero-order valence-corrected chi connectivity index (χ0v) is 12.3. The van der Waals surface area contributed by atoms with Gasteiger partial charge in [0.05, 0.1) is 11.3 Å². The van der Waals surface area contributed by atoms with E-state index in [1.807, 2.05) is 24.3 Å². The maximum atomic E-state index is 12.7. The molecule has 0 radical (unpaired) electrons. The molecule has 21 heavy (non-hydrogen) atoms. The third-order valence-corrected chi connectivity index (χ3v) is 4.42. The van der Waals surface area contributed by atoms with Crippen molar-refractivity contribution in [2.45, 2.75) is 12.8 Å². The Hall–Kier alpha value is -1.88. The molecule has 0 bridgehead atoms. The Bertz CT molecular complexity index is 552. The third-order valence-electron chi connectivity index (χ3n) is 4.42. The molecule has 1 aromatic rings. The van der Waals surface area contributed by atoms with E-state index >= 15 is 0 Å². The minimum Gasteiger partial charge on any atom is -0.329 e. The molecule has 2 heterocycles. The van der Waals surface area contributed by atoms with Gasteiger partial charge in [-0.1, -0.05) is 12.1 Å². The molecular weight excluding hydrogens is 266 g/mol. The van der Waals surface area contributed by atoms with Crippen LogP contribution in [-0.4, -0.2) is 49.9 Å². The number of fused-ring (bicyclic) bond motifs is 1. The largest absolute Gasteiger partial charge is 0.329 e. The standard InChI is InChI=1S/C16H21N3O2/c1-18-14-5-3-2-4-13(14)16(21)19(11-15(18)20)10-12-6-8-17-9-7-12/h2-5,12,17H,6-11H2,1H3. The molecule has 1 fully saturated rings. The molecule has 1 saturated heterocycles. The first-order valence-corrected chi connectivity index (χ1v) is 7.52. The van der Waals surface area contributed by atoms with E-state index in [2.05, 4.69) is 5.32 Å². The molecule has 1 aromatic carbocycles. The Kier molecular flexibility index (Phi) is 3.92. The monoisotopic (exact) mass is 287 g/mol. The second kappa shape index (κ2) is 5.85. The average molecular weight is 287 g/mol. The number of benzene rings is 1. The van der Waals surface area contributed by atoms with Crippen molar-refractivity contribution in [3.8, 4) is 0 Å². The summed E-state index contributed by atoms with van der Waals surface area (Å²) in [5.41, 5.74) is 1.33. The van der Waals surface area contributed by atoms with Gasteiger partial charge in [0, 0.05) is 13.6 Å². The van der Waals surface area contributed by atoms with Gasteiger partial charge in [-0.25, -0.2) is 0 Å². The molecule has 5 nitrogen and oxygen atoms in total. The number of nitrogens with zero attached hydrogens (tertiary/aromatic N) is 2. The lowest BCUT2D eigenvalue weighted by atomic mass is 9.97. The normalized spacial score (nSPS) is 20.4. The van der Waals surface area contributed by atoms with E-state index in [9.17, 15) is 9.59 Å². The lowest BCUT2D eigenvalue weighted by molar-refractivity contribution is -0.119. The number of para-hydroxylation sites is 1. The van der Waals surface area contributed by atoms with E-state index in [0.717, 1.165) is 25.9 Å². The van der Waals surface area contributed by atoms with Crippen LogP contribution < -0.4 is 10.2 Å². The minimum absolute atomic E-state index is 0.0257. The summed E-state index contributed by atoms with van der Waals surface area (Å²) in [5, 5.41) is 3.33. The van der Waals surface area contributed by atoms with Crippen molar-refractivity contribution in [2.24, 2.45) is 5.92 Å². The van der Waals surface area contributed by atoms with Crippen molar-refractivity contribution in [1.29, 1.82) is 0 Å². The topological polar surface area (TPSA) is 52.7 Å². The molecule has 5 heteroatoms. The number of carbonyl (C=O) groups excluding carboxylic acids is 2. The highest BCUT2D eigenvalue weighted by atomic mass is 16.2. The minimum atomic E-state index is -0.0261. The smallest absolute Gasteiger partial charge is 0.256 e. The number of likely N-dealkylation sites (N-methyl/N-ethyl adjacent to an activating group) is 1. The van der Waals surface area contributed by atoms with E-state index in [1.165, 1.54) is 0 Å². The van der Waals surface area contributed by atoms with Gasteiger partial charge in [-0.05, 0) is 44.0 Å².